The largest absolute Gasteiger partial charge is 0.538 e. The summed E-state index contributed by atoms with van der Waals surface area (Å²) in [7, 11) is -17.2. The number of thioether (sulfide) groups is 1. The average molecular weight is 833 g/mol. The fourth-order valence-corrected chi connectivity index (χ4v) is 10.8. The number of urea groups is 1. The number of aliphatic hydroxyl groups excluding tert-OH is 2. The maximum Gasteiger partial charge on any atom is 0.538 e. The summed E-state index contributed by atoms with van der Waals surface area (Å²) < 4.78 is 60.2. The Hall–Kier alpha value is -2.76. The Morgan fingerprint density at radius 1 is 1.00 bits per heavy atom. The van der Waals surface area contributed by atoms with Crippen LogP contribution in [0.5, 0.6) is 0 Å². The van der Waals surface area contributed by atoms with Gasteiger partial charge in [0.05, 0.1) is 25.0 Å². The van der Waals surface area contributed by atoms with Crippen LogP contribution in [0.4, 0.5) is 10.6 Å². The molecule has 10 N–H and O–H groups in total. The lowest BCUT2D eigenvalue weighted by molar-refractivity contribution is -0.135. The van der Waals surface area contributed by atoms with Crippen molar-refractivity contribution in [2.75, 3.05) is 24.6 Å². The van der Waals surface area contributed by atoms with Gasteiger partial charge in [-0.1, -0.05) is 6.42 Å². The molecule has 3 aliphatic heterocycles. The van der Waals surface area contributed by atoms with Crippen molar-refractivity contribution in [3.8, 4) is 0 Å². The fraction of sp³-hybridized carbons (Fsp3) is 0.680. The van der Waals surface area contributed by atoms with E-state index < -0.39 is 67.0 Å². The number of nitrogen functional groups attached to an aromatic ring is 1. The van der Waals surface area contributed by atoms with Crippen LogP contribution >= 0.6 is 35.2 Å². The molecule has 0 aliphatic carbocycles. The number of amides is 3. The Kier molecular flexibility index (Phi) is 13.6. The summed E-state index contributed by atoms with van der Waals surface area (Å²) in [4.78, 5) is 76.9. The van der Waals surface area contributed by atoms with Crippen LogP contribution in [0, 0.1) is 0 Å². The first-order valence-electron chi connectivity index (χ1n) is 16.1. The molecule has 0 aromatic carbocycles. The van der Waals surface area contributed by atoms with Gasteiger partial charge in [-0.25, -0.2) is 33.4 Å². The fourth-order valence-electron chi connectivity index (χ4n) is 5.80. The minimum atomic E-state index is -5.93. The number of hydrogen-bond donors (Lipinski definition) is 9. The summed E-state index contributed by atoms with van der Waals surface area (Å²) in [5, 5.41) is 29.7. The summed E-state index contributed by atoms with van der Waals surface area (Å²) in [6, 6.07) is 0.0777. The molecule has 3 saturated heterocycles. The topological polar surface area (TPSA) is 355 Å². The van der Waals surface area contributed by atoms with Gasteiger partial charge in [-0.15, -0.1) is 0 Å². The molecule has 24 nitrogen and oxygen atoms in total. The molecule has 2 aromatic heterocycles. The van der Waals surface area contributed by atoms with Crippen molar-refractivity contribution >= 4 is 70.1 Å². The number of fused-ring (bicyclic) bond motifs is 2. The minimum absolute atomic E-state index is 0.0202. The number of nitrogens with zero attached hydrogens (tertiary/aromatic N) is 4. The number of phosphoric ester groups is 2. The molecule has 3 fully saturated rings. The average Bonchev–Trinajstić information content (AvgIpc) is 3.81. The van der Waals surface area contributed by atoms with Crippen LogP contribution < -0.4 is 21.7 Å². The van der Waals surface area contributed by atoms with Crippen molar-refractivity contribution in [2.45, 2.75) is 86.8 Å². The van der Waals surface area contributed by atoms with Gasteiger partial charge in [0.1, 0.15) is 30.2 Å². The third-order valence-electron chi connectivity index (χ3n) is 8.24. The van der Waals surface area contributed by atoms with Crippen LogP contribution in [0.15, 0.2) is 12.7 Å². The highest BCUT2D eigenvalue weighted by molar-refractivity contribution is 8.00. The van der Waals surface area contributed by atoms with Crippen molar-refractivity contribution in [1.82, 2.24) is 35.5 Å². The zero-order chi connectivity index (χ0) is 38.6. The lowest BCUT2D eigenvalue weighted by atomic mass is 10.0. The first-order chi connectivity index (χ1) is 24.9. The molecule has 5 rings (SSSR count). The van der Waals surface area contributed by atoms with Crippen molar-refractivity contribution in [3.63, 3.8) is 0 Å². The standard InChI is InChI=1S/C25H39N8O16P3S/c26-22-19-23(29-11-28-22)33(12-30-19)24-21(37)20(36)14(46-24)9-45-50(39,40)48-52(43,44)49-51(41,42)47-17(35)7-3-4-8-27-16(34)6-2-1-5-15-18-13(10-53-15)31-25(38)32-18/h11-15,18,20-21,24,36-37H,1-10H2,(H,27,34)(H,39,40)(H,41,42)(H,43,44)(H2,26,28,29)(H2,31,32,38)/t13-,14+,15-,18-,20?,21?,24+/m0/s1. The Labute approximate surface area is 304 Å². The highest BCUT2D eigenvalue weighted by atomic mass is 32.2. The Morgan fingerprint density at radius 3 is 2.51 bits per heavy atom. The summed E-state index contributed by atoms with van der Waals surface area (Å²) in [5.74, 6) is -0.654. The molecule has 10 atom stereocenters. The lowest BCUT2D eigenvalue weighted by Crippen LogP contribution is -2.36. The van der Waals surface area contributed by atoms with Gasteiger partial charge in [0.15, 0.2) is 17.7 Å². The van der Waals surface area contributed by atoms with Gasteiger partial charge in [0.25, 0.3) is 0 Å². The first kappa shape index (κ1) is 41.4. The lowest BCUT2D eigenvalue weighted by Gasteiger charge is -2.20. The summed E-state index contributed by atoms with van der Waals surface area (Å²) in [5.41, 5.74) is 6.02. The number of aliphatic hydroxyl groups is 2. The molecule has 0 bridgehead atoms. The van der Waals surface area contributed by atoms with Crippen LogP contribution in [0.3, 0.4) is 0 Å². The highest BCUT2D eigenvalue weighted by Crippen LogP contribution is 2.67. The second kappa shape index (κ2) is 17.4. The molecule has 5 unspecified atom stereocenters. The van der Waals surface area contributed by atoms with Gasteiger partial charge < -0.3 is 50.9 Å². The minimum Gasteiger partial charge on any atom is -0.387 e. The van der Waals surface area contributed by atoms with E-state index in [4.69, 9.17) is 10.5 Å². The molecule has 3 amide bonds. The maximum absolute atomic E-state index is 12.4. The smallest absolute Gasteiger partial charge is 0.387 e. The Bertz CT molecular complexity index is 1810. The van der Waals surface area contributed by atoms with Crippen molar-refractivity contribution in [2.24, 2.45) is 0 Å². The predicted octanol–water partition coefficient (Wildman–Crippen LogP) is -0.0658. The van der Waals surface area contributed by atoms with Crippen molar-refractivity contribution < 1.29 is 75.4 Å². The molecule has 2 aromatic rings. The molecule has 0 spiro atoms. The van der Waals surface area contributed by atoms with E-state index in [1.807, 2.05) is 0 Å². The molecule has 0 radical (unpaired) electrons. The molecule has 53 heavy (non-hydrogen) atoms. The molecule has 3 aliphatic rings. The van der Waals surface area contributed by atoms with Crippen molar-refractivity contribution in [1.29, 1.82) is 0 Å². The normalized spacial score (nSPS) is 28.7. The number of unbranched alkanes of at least 4 members (excludes halogenated alkanes) is 2. The molecule has 296 valence electrons. The van der Waals surface area contributed by atoms with E-state index in [0.29, 0.717) is 11.7 Å². The molecule has 5 heterocycles. The van der Waals surface area contributed by atoms with Gasteiger partial charge in [-0.05, 0) is 25.7 Å². The number of anilines is 1. The number of carbonyl (C=O) groups excluding carboxylic acids is 3. The zero-order valence-electron chi connectivity index (χ0n) is 27.6. The monoisotopic (exact) mass is 832 g/mol. The predicted molar refractivity (Wildman–Crippen MR) is 180 cm³/mol. The Balaban J connectivity index is 0.960. The maximum atomic E-state index is 12.4. The number of carbonyl (C=O) groups is 3. The van der Waals surface area contributed by atoms with Gasteiger partial charge in [0.2, 0.25) is 5.91 Å². The summed E-state index contributed by atoms with van der Waals surface area (Å²) >= 11 is 1.79. The number of hydrogen-bond acceptors (Lipinski definition) is 18. The molecule has 0 saturated carbocycles. The SMILES string of the molecule is Nc1ncnc2c1ncn2[C@@H]1O[C@H](COP(=O)(O)OP(=O)(O)OP(=O)(O)OC(=O)CCCCNC(=O)CCCC[C@@H]2SC[C@@H]3NC(=O)N[C@@H]32)C(O)C1O. The molecule has 28 heteroatoms. The van der Waals surface area contributed by atoms with Crippen LogP contribution in [0.2, 0.25) is 0 Å². The summed E-state index contributed by atoms with van der Waals surface area (Å²) in [6.45, 7) is -0.823. The van der Waals surface area contributed by atoms with E-state index in [2.05, 4.69) is 48.6 Å². The van der Waals surface area contributed by atoms with Gasteiger partial charge in [-0.2, -0.15) is 20.4 Å². The van der Waals surface area contributed by atoms with E-state index in [1.165, 1.54) is 10.9 Å². The van der Waals surface area contributed by atoms with E-state index >= 15 is 0 Å². The van der Waals surface area contributed by atoms with Crippen molar-refractivity contribution in [3.05, 3.63) is 12.7 Å². The van der Waals surface area contributed by atoms with Crippen LogP contribution in [0.25, 0.3) is 11.2 Å². The van der Waals surface area contributed by atoms with E-state index in [0.717, 1.165) is 24.9 Å². The van der Waals surface area contributed by atoms with E-state index in [1.54, 1.807) is 11.8 Å². The number of aromatic nitrogens is 4. The number of phosphoric acid groups is 3. The van der Waals surface area contributed by atoms with Crippen LogP contribution in [-0.2, 0) is 45.7 Å². The Morgan fingerprint density at radius 2 is 1.74 bits per heavy atom. The quantitative estimate of drug-likeness (QED) is 0.0508. The number of nitrogens with two attached hydrogens (primary N) is 1. The zero-order valence-corrected chi connectivity index (χ0v) is 31.1. The third-order valence-corrected chi connectivity index (χ3v) is 14.0. The number of nitrogens with one attached hydrogen (secondary N) is 3. The second-order valence-corrected chi connectivity index (χ2v) is 18.0. The van der Waals surface area contributed by atoms with Gasteiger partial charge in [0, 0.05) is 30.4 Å². The number of ether oxygens (including phenoxy) is 1. The second-order valence-electron chi connectivity index (χ2n) is 12.1. The third kappa shape index (κ3) is 11.2. The number of rotatable bonds is 19. The summed E-state index contributed by atoms with van der Waals surface area (Å²) in [6.07, 6.45) is -1.44. The van der Waals surface area contributed by atoms with Crippen LogP contribution in [0.1, 0.15) is 51.2 Å². The van der Waals surface area contributed by atoms with Gasteiger partial charge >= 0.3 is 35.5 Å². The molecular weight excluding hydrogens is 793 g/mol. The van der Waals surface area contributed by atoms with Gasteiger partial charge in [-0.3, -0.25) is 23.6 Å². The van der Waals surface area contributed by atoms with E-state index in [-0.39, 0.29) is 66.8 Å². The number of imidazole rings is 1. The van der Waals surface area contributed by atoms with Crippen LogP contribution in [-0.4, -0.2) is 117 Å². The molecular formula is C25H39N8O16P3S. The highest BCUT2D eigenvalue weighted by Gasteiger charge is 2.48. The van der Waals surface area contributed by atoms with E-state index in [9.17, 15) is 53.0 Å². The first-order valence-corrected chi connectivity index (χ1v) is 21.6.